The van der Waals surface area contributed by atoms with Crippen molar-refractivity contribution in [3.63, 3.8) is 0 Å². The first kappa shape index (κ1) is 19.5. The second-order valence-electron chi connectivity index (χ2n) is 6.19. The molecule has 2 aromatic carbocycles. The van der Waals surface area contributed by atoms with E-state index < -0.39 is 0 Å². The number of rotatable bonds is 8. The van der Waals surface area contributed by atoms with Crippen molar-refractivity contribution in [3.05, 3.63) is 82.7 Å². The third kappa shape index (κ3) is 4.73. The quantitative estimate of drug-likeness (QED) is 0.365. The van der Waals surface area contributed by atoms with E-state index in [4.69, 9.17) is 16.3 Å². The molecule has 0 aliphatic heterocycles. The van der Waals surface area contributed by atoms with Crippen molar-refractivity contribution >= 4 is 23.4 Å². The average molecular weight is 400 g/mol. The maximum absolute atomic E-state index is 6.25. The van der Waals surface area contributed by atoms with Crippen LogP contribution < -0.4 is 4.74 Å². The number of allylic oxidation sites excluding steroid dienone is 1. The summed E-state index contributed by atoms with van der Waals surface area (Å²) >= 11 is 7.86. The topological polar surface area (TPSA) is 39.9 Å². The molecule has 0 fully saturated rings. The van der Waals surface area contributed by atoms with Crippen molar-refractivity contribution in [2.45, 2.75) is 37.9 Å². The number of ether oxygens (including phenoxy) is 1. The number of hydrogen-bond acceptors (Lipinski definition) is 4. The Balaban J connectivity index is 1.75. The summed E-state index contributed by atoms with van der Waals surface area (Å²) < 4.78 is 8.08. The molecule has 1 heterocycles. The van der Waals surface area contributed by atoms with Gasteiger partial charge in [-0.25, -0.2) is 0 Å². The largest absolute Gasteiger partial charge is 0.485 e. The van der Waals surface area contributed by atoms with Crippen molar-refractivity contribution in [2.75, 3.05) is 0 Å². The molecule has 0 atom stereocenters. The highest BCUT2D eigenvalue weighted by molar-refractivity contribution is 7.98. The van der Waals surface area contributed by atoms with Crippen molar-refractivity contribution < 1.29 is 4.74 Å². The van der Waals surface area contributed by atoms with Crippen LogP contribution in [0.2, 0.25) is 5.02 Å². The fraction of sp³-hybridized carbons (Fsp3) is 0.238. The molecule has 0 unspecified atom stereocenters. The number of para-hydroxylation sites is 1. The molecule has 3 rings (SSSR count). The van der Waals surface area contributed by atoms with Crippen LogP contribution in [0.25, 0.3) is 0 Å². The zero-order chi connectivity index (χ0) is 19.2. The predicted molar refractivity (Wildman–Crippen MR) is 111 cm³/mol. The number of aryl methyl sites for hydroxylation is 2. The molecule has 0 saturated carbocycles. The minimum Gasteiger partial charge on any atom is -0.485 e. The summed E-state index contributed by atoms with van der Waals surface area (Å²) in [5.74, 6) is 2.40. The summed E-state index contributed by atoms with van der Waals surface area (Å²) in [7, 11) is 0. The van der Waals surface area contributed by atoms with E-state index in [0.717, 1.165) is 44.2 Å². The van der Waals surface area contributed by atoms with Gasteiger partial charge in [0.2, 0.25) is 0 Å². The molecule has 4 nitrogen and oxygen atoms in total. The smallest absolute Gasteiger partial charge is 0.191 e. The molecule has 0 saturated heterocycles. The summed E-state index contributed by atoms with van der Waals surface area (Å²) in [6, 6.07) is 14.0. The average Bonchev–Trinajstić information content (AvgIpc) is 3.03. The Morgan fingerprint density at radius 1 is 1.11 bits per heavy atom. The lowest BCUT2D eigenvalue weighted by Gasteiger charge is -2.12. The van der Waals surface area contributed by atoms with Crippen LogP contribution >= 0.6 is 23.4 Å². The maximum atomic E-state index is 6.25. The van der Waals surface area contributed by atoms with E-state index in [1.165, 1.54) is 0 Å². The number of benzene rings is 2. The van der Waals surface area contributed by atoms with Gasteiger partial charge in [0, 0.05) is 17.3 Å². The van der Waals surface area contributed by atoms with E-state index in [9.17, 15) is 0 Å². The monoisotopic (exact) mass is 399 g/mol. The summed E-state index contributed by atoms with van der Waals surface area (Å²) in [6.07, 6.45) is 1.84. The van der Waals surface area contributed by atoms with Crippen LogP contribution in [0.3, 0.4) is 0 Å². The molecule has 27 heavy (non-hydrogen) atoms. The van der Waals surface area contributed by atoms with Gasteiger partial charge in [-0.1, -0.05) is 65.8 Å². The molecule has 140 valence electrons. The van der Waals surface area contributed by atoms with Crippen LogP contribution in [0, 0.1) is 13.8 Å². The molecule has 0 amide bonds. The van der Waals surface area contributed by atoms with Gasteiger partial charge in [0.05, 0.1) is 0 Å². The lowest BCUT2D eigenvalue weighted by molar-refractivity contribution is 0.285. The highest BCUT2D eigenvalue weighted by atomic mass is 35.5. The Hall–Kier alpha value is -2.24. The first-order valence-electron chi connectivity index (χ1n) is 8.68. The number of nitrogens with zero attached hydrogens (tertiary/aromatic N) is 3. The van der Waals surface area contributed by atoms with E-state index in [1.54, 1.807) is 11.8 Å². The standard InChI is InChI=1S/C21H22ClN3OS/c1-4-12-25-19(13-26-20-15(2)8-7-9-16(20)3)23-24-21(25)27-14-17-10-5-6-11-18(17)22/h4-11H,1,12-14H2,2-3H3. The summed E-state index contributed by atoms with van der Waals surface area (Å²) in [6.45, 7) is 8.92. The Morgan fingerprint density at radius 3 is 2.56 bits per heavy atom. The molecule has 0 bridgehead atoms. The van der Waals surface area contributed by atoms with Crippen molar-refractivity contribution in [3.8, 4) is 5.75 Å². The molecule has 0 radical (unpaired) electrons. The first-order valence-corrected chi connectivity index (χ1v) is 10.0. The van der Waals surface area contributed by atoms with Crippen molar-refractivity contribution in [2.24, 2.45) is 0 Å². The predicted octanol–water partition coefficient (Wildman–Crippen LogP) is 5.61. The van der Waals surface area contributed by atoms with Gasteiger partial charge in [0.1, 0.15) is 12.4 Å². The maximum Gasteiger partial charge on any atom is 0.191 e. The molecule has 0 aliphatic rings. The second-order valence-corrected chi connectivity index (χ2v) is 7.54. The molecule has 3 aromatic rings. The summed E-state index contributed by atoms with van der Waals surface area (Å²) in [5, 5.41) is 10.3. The molecule has 0 spiro atoms. The van der Waals surface area contributed by atoms with Crippen LogP contribution in [0.4, 0.5) is 0 Å². The summed E-state index contributed by atoms with van der Waals surface area (Å²) in [4.78, 5) is 0. The van der Waals surface area contributed by atoms with Crippen LogP contribution in [0.5, 0.6) is 5.75 Å². The third-order valence-electron chi connectivity index (χ3n) is 4.17. The fourth-order valence-electron chi connectivity index (χ4n) is 2.77. The lowest BCUT2D eigenvalue weighted by atomic mass is 10.1. The van der Waals surface area contributed by atoms with Gasteiger partial charge in [-0.15, -0.1) is 16.8 Å². The van der Waals surface area contributed by atoms with Crippen LogP contribution in [-0.2, 0) is 18.9 Å². The molecule has 1 aromatic heterocycles. The Kier molecular flexibility index (Phi) is 6.58. The molecule has 0 aliphatic carbocycles. The fourth-order valence-corrected chi connectivity index (χ4v) is 4.02. The van der Waals surface area contributed by atoms with Crippen molar-refractivity contribution in [1.29, 1.82) is 0 Å². The first-order chi connectivity index (χ1) is 13.1. The molecule has 6 heteroatoms. The number of halogens is 1. The normalized spacial score (nSPS) is 10.8. The second kappa shape index (κ2) is 9.11. The van der Waals surface area contributed by atoms with Crippen molar-refractivity contribution in [1.82, 2.24) is 14.8 Å². The van der Waals surface area contributed by atoms with Gasteiger partial charge < -0.3 is 4.74 Å². The van der Waals surface area contributed by atoms with Gasteiger partial charge in [0.15, 0.2) is 11.0 Å². The SMILES string of the molecule is C=CCn1c(COc2c(C)cccc2C)nnc1SCc1ccccc1Cl. The van der Waals surface area contributed by atoms with Gasteiger partial charge in [-0.2, -0.15) is 0 Å². The van der Waals surface area contributed by atoms with E-state index in [0.29, 0.717) is 13.2 Å². The van der Waals surface area contributed by atoms with Gasteiger partial charge in [-0.3, -0.25) is 4.57 Å². The Bertz CT molecular complexity index is 919. The van der Waals surface area contributed by atoms with Crippen LogP contribution in [0.1, 0.15) is 22.5 Å². The zero-order valence-electron chi connectivity index (χ0n) is 15.5. The van der Waals surface area contributed by atoms with E-state index >= 15 is 0 Å². The highest BCUT2D eigenvalue weighted by Crippen LogP contribution is 2.27. The molecular weight excluding hydrogens is 378 g/mol. The zero-order valence-corrected chi connectivity index (χ0v) is 17.1. The molecular formula is C21H22ClN3OS. The number of aromatic nitrogens is 3. The van der Waals surface area contributed by atoms with Crippen LogP contribution in [0.15, 0.2) is 60.3 Å². The van der Waals surface area contributed by atoms with Gasteiger partial charge >= 0.3 is 0 Å². The van der Waals surface area contributed by atoms with E-state index in [1.807, 2.05) is 67.0 Å². The Labute approximate surface area is 169 Å². The van der Waals surface area contributed by atoms with E-state index in [2.05, 4.69) is 16.8 Å². The van der Waals surface area contributed by atoms with Gasteiger partial charge in [-0.05, 0) is 36.6 Å². The van der Waals surface area contributed by atoms with E-state index in [-0.39, 0.29) is 0 Å². The van der Waals surface area contributed by atoms with Gasteiger partial charge in [0.25, 0.3) is 0 Å². The minimum atomic E-state index is 0.360. The molecule has 0 N–H and O–H groups in total. The van der Waals surface area contributed by atoms with Crippen LogP contribution in [-0.4, -0.2) is 14.8 Å². The third-order valence-corrected chi connectivity index (χ3v) is 5.56. The highest BCUT2D eigenvalue weighted by Gasteiger charge is 2.14. The minimum absolute atomic E-state index is 0.360. The Morgan fingerprint density at radius 2 is 1.85 bits per heavy atom. The number of thioether (sulfide) groups is 1. The lowest BCUT2D eigenvalue weighted by Crippen LogP contribution is -2.08. The number of hydrogen-bond donors (Lipinski definition) is 0. The summed E-state index contributed by atoms with van der Waals surface area (Å²) in [5.41, 5.74) is 3.29.